The fourth-order valence-corrected chi connectivity index (χ4v) is 4.24. The Bertz CT molecular complexity index is 983. The van der Waals surface area contributed by atoms with Crippen LogP contribution in [0.15, 0.2) is 78.4 Å². The Morgan fingerprint density at radius 1 is 0.926 bits per heavy atom. The fourth-order valence-electron chi connectivity index (χ4n) is 3.38. The van der Waals surface area contributed by atoms with E-state index in [1.165, 1.54) is 0 Å². The van der Waals surface area contributed by atoms with Crippen LogP contribution in [0.4, 0.5) is 0 Å². The van der Waals surface area contributed by atoms with Gasteiger partial charge in [0.05, 0.1) is 23.2 Å². The largest absolute Gasteiger partial charge is 0.343 e. The molecule has 0 unspecified atom stereocenters. The van der Waals surface area contributed by atoms with Crippen molar-refractivity contribution in [1.82, 2.24) is 0 Å². The molecule has 0 spiro atoms. The summed E-state index contributed by atoms with van der Waals surface area (Å²) >= 11 is 2.23. The van der Waals surface area contributed by atoms with Gasteiger partial charge in [-0.15, -0.1) is 0 Å². The summed E-state index contributed by atoms with van der Waals surface area (Å²) in [5, 5.41) is 2.23. The van der Waals surface area contributed by atoms with Crippen LogP contribution in [0.2, 0.25) is 0 Å². The predicted molar refractivity (Wildman–Crippen MR) is 116 cm³/mol. The Hall–Kier alpha value is -2.02. The van der Waals surface area contributed by atoms with Gasteiger partial charge in [0.15, 0.2) is 5.78 Å². The number of carbonyl (C=O) groups is 1. The zero-order valence-corrected chi connectivity index (χ0v) is 16.9. The molecule has 0 aromatic heterocycles. The molecule has 0 atom stereocenters. The summed E-state index contributed by atoms with van der Waals surface area (Å²) < 4.78 is 12.5. The second-order valence-electron chi connectivity index (χ2n) is 6.41. The number of fused-ring (bicyclic) bond motifs is 1. The monoisotopic (exact) mass is 470 g/mol. The van der Waals surface area contributed by atoms with Crippen molar-refractivity contribution in [3.63, 3.8) is 0 Å². The second-order valence-corrected chi connectivity index (χ2v) is 7.17. The summed E-state index contributed by atoms with van der Waals surface area (Å²) in [5.74, 6) is -1.08. The lowest BCUT2D eigenvalue weighted by Crippen LogP contribution is -2.38. The Morgan fingerprint density at radius 3 is 2.33 bits per heavy atom. The SMILES string of the molecule is O=C(/C(=C\c1cccc2ccccc12)C1(CI)OCCO1)c1ccccc1. The number of alkyl halides is 1. The molecule has 1 aliphatic rings. The predicted octanol–water partition coefficient (Wildman–Crippen LogP) is 5.28. The number of halogens is 1. The smallest absolute Gasteiger partial charge is 0.208 e. The van der Waals surface area contributed by atoms with Gasteiger partial charge in [0.25, 0.3) is 0 Å². The molecule has 3 aromatic rings. The van der Waals surface area contributed by atoms with Crippen molar-refractivity contribution in [2.45, 2.75) is 5.79 Å². The molecule has 136 valence electrons. The van der Waals surface area contributed by atoms with Gasteiger partial charge in [-0.2, -0.15) is 0 Å². The molecule has 27 heavy (non-hydrogen) atoms. The van der Waals surface area contributed by atoms with Crippen LogP contribution in [-0.2, 0) is 9.47 Å². The van der Waals surface area contributed by atoms with Gasteiger partial charge >= 0.3 is 0 Å². The van der Waals surface area contributed by atoms with E-state index in [1.54, 1.807) is 0 Å². The van der Waals surface area contributed by atoms with Crippen molar-refractivity contribution in [3.8, 4) is 0 Å². The van der Waals surface area contributed by atoms with Crippen LogP contribution in [0.1, 0.15) is 15.9 Å². The van der Waals surface area contributed by atoms with E-state index in [-0.39, 0.29) is 5.78 Å². The van der Waals surface area contributed by atoms with Crippen molar-refractivity contribution < 1.29 is 14.3 Å². The molecule has 4 rings (SSSR count). The Labute approximate surface area is 172 Å². The summed E-state index contributed by atoms with van der Waals surface area (Å²) in [5.41, 5.74) is 2.15. The van der Waals surface area contributed by atoms with E-state index in [9.17, 15) is 4.79 Å². The maximum atomic E-state index is 13.4. The van der Waals surface area contributed by atoms with Gasteiger partial charge in [-0.05, 0) is 22.4 Å². The van der Waals surface area contributed by atoms with Crippen LogP contribution in [0.3, 0.4) is 0 Å². The molecular weight excluding hydrogens is 451 g/mol. The van der Waals surface area contributed by atoms with Gasteiger partial charge < -0.3 is 9.47 Å². The molecule has 0 saturated carbocycles. The highest BCUT2D eigenvalue weighted by atomic mass is 127. The topological polar surface area (TPSA) is 35.5 Å². The number of hydrogen-bond acceptors (Lipinski definition) is 3. The number of ketones is 1. The van der Waals surface area contributed by atoms with Crippen LogP contribution in [0.25, 0.3) is 16.8 Å². The molecule has 0 aliphatic carbocycles. The lowest BCUT2D eigenvalue weighted by molar-refractivity contribution is -0.0997. The summed E-state index contributed by atoms with van der Waals surface area (Å²) in [6.45, 7) is 0.968. The average molecular weight is 470 g/mol. The minimum Gasteiger partial charge on any atom is -0.343 e. The van der Waals surface area contributed by atoms with Gasteiger partial charge in [0.1, 0.15) is 0 Å². The van der Waals surface area contributed by atoms with Gasteiger partial charge in [-0.3, -0.25) is 4.79 Å². The molecule has 3 aromatic carbocycles. The van der Waals surface area contributed by atoms with Gasteiger partial charge in [-0.25, -0.2) is 0 Å². The maximum absolute atomic E-state index is 13.4. The average Bonchev–Trinajstić information content (AvgIpc) is 3.22. The van der Waals surface area contributed by atoms with Crippen molar-refractivity contribution in [1.29, 1.82) is 0 Å². The third-order valence-corrected chi connectivity index (χ3v) is 5.75. The highest BCUT2D eigenvalue weighted by Gasteiger charge is 2.43. The summed E-state index contributed by atoms with van der Waals surface area (Å²) in [7, 11) is 0. The van der Waals surface area contributed by atoms with Gasteiger partial charge in [0.2, 0.25) is 5.79 Å². The van der Waals surface area contributed by atoms with Crippen molar-refractivity contribution in [3.05, 3.63) is 89.5 Å². The van der Waals surface area contributed by atoms with Gasteiger partial charge in [0, 0.05) is 5.56 Å². The normalized spacial score (nSPS) is 16.6. The van der Waals surface area contributed by atoms with Gasteiger partial charge in [-0.1, -0.05) is 95.4 Å². The molecular formula is C23H19IO3. The molecule has 0 radical (unpaired) electrons. The van der Waals surface area contributed by atoms with Crippen LogP contribution < -0.4 is 0 Å². The first kappa shape index (κ1) is 18.3. The molecule has 1 saturated heterocycles. The standard InChI is InChI=1S/C23H19IO3/c24-16-23(26-13-14-27-23)21(22(25)18-8-2-1-3-9-18)15-19-11-6-10-17-7-4-5-12-20(17)19/h1-12,15H,13-14,16H2/b21-15+. The van der Waals surface area contributed by atoms with Crippen molar-refractivity contribution >= 4 is 45.2 Å². The second kappa shape index (κ2) is 7.92. The van der Waals surface area contributed by atoms with E-state index >= 15 is 0 Å². The van der Waals surface area contributed by atoms with Crippen molar-refractivity contribution in [2.75, 3.05) is 17.6 Å². The molecule has 0 N–H and O–H groups in total. The zero-order chi connectivity index (χ0) is 18.7. The quantitative estimate of drug-likeness (QED) is 0.220. The molecule has 0 amide bonds. The first-order valence-corrected chi connectivity index (χ1v) is 10.4. The third-order valence-electron chi connectivity index (χ3n) is 4.74. The maximum Gasteiger partial charge on any atom is 0.208 e. The zero-order valence-electron chi connectivity index (χ0n) is 14.7. The van der Waals surface area contributed by atoms with E-state index in [0.717, 1.165) is 16.3 Å². The lowest BCUT2D eigenvalue weighted by Gasteiger charge is -2.27. The lowest BCUT2D eigenvalue weighted by atomic mass is 9.93. The first-order chi connectivity index (χ1) is 13.2. The summed E-state index contributed by atoms with van der Waals surface area (Å²) in [6, 6.07) is 23.6. The van der Waals surface area contributed by atoms with Crippen molar-refractivity contribution in [2.24, 2.45) is 0 Å². The van der Waals surface area contributed by atoms with Crippen LogP contribution in [-0.4, -0.2) is 29.2 Å². The van der Waals surface area contributed by atoms with E-state index in [1.807, 2.05) is 60.7 Å². The van der Waals surface area contributed by atoms with E-state index in [4.69, 9.17) is 9.47 Å². The highest BCUT2D eigenvalue weighted by Crippen LogP contribution is 2.35. The molecule has 1 fully saturated rings. The molecule has 1 aliphatic heterocycles. The molecule has 4 heteroatoms. The van der Waals surface area contributed by atoms with E-state index in [2.05, 4.69) is 40.8 Å². The number of carbonyl (C=O) groups excluding carboxylic acids is 1. The Morgan fingerprint density at radius 2 is 1.59 bits per heavy atom. The molecule has 0 bridgehead atoms. The number of hydrogen-bond donors (Lipinski definition) is 0. The van der Waals surface area contributed by atoms with Crippen LogP contribution >= 0.6 is 22.6 Å². The fraction of sp³-hybridized carbons (Fsp3) is 0.174. The van der Waals surface area contributed by atoms with E-state index in [0.29, 0.717) is 28.8 Å². The minimum absolute atomic E-state index is 0.0675. The third kappa shape index (κ3) is 3.57. The molecule has 3 nitrogen and oxygen atoms in total. The minimum atomic E-state index is -1.01. The Kier molecular flexibility index (Phi) is 5.38. The first-order valence-electron chi connectivity index (χ1n) is 8.87. The van der Waals surface area contributed by atoms with Crippen LogP contribution in [0, 0.1) is 0 Å². The number of rotatable bonds is 5. The summed E-state index contributed by atoms with van der Waals surface area (Å²) in [6.07, 6.45) is 1.93. The Balaban J connectivity index is 1.89. The molecule has 1 heterocycles. The highest BCUT2D eigenvalue weighted by molar-refractivity contribution is 14.1. The number of ether oxygens (including phenoxy) is 2. The van der Waals surface area contributed by atoms with Crippen LogP contribution in [0.5, 0.6) is 0 Å². The van der Waals surface area contributed by atoms with E-state index < -0.39 is 5.79 Å². The number of benzene rings is 3. The summed E-state index contributed by atoms with van der Waals surface area (Å²) in [4.78, 5) is 13.4. The number of Topliss-reactive ketones (excluding diaryl/α,β-unsaturated/α-hetero) is 1.